The highest BCUT2D eigenvalue weighted by molar-refractivity contribution is 5.60. The van der Waals surface area contributed by atoms with E-state index >= 15 is 0 Å². The van der Waals surface area contributed by atoms with Crippen LogP contribution in [0.2, 0.25) is 0 Å². The third-order valence-corrected chi connectivity index (χ3v) is 3.24. The maximum absolute atomic E-state index is 11.0. The van der Waals surface area contributed by atoms with Gasteiger partial charge in [-0.15, -0.1) is 0 Å². The van der Waals surface area contributed by atoms with Gasteiger partial charge in [-0.1, -0.05) is 0 Å². The first-order valence-electron chi connectivity index (χ1n) is 4.76. The predicted octanol–water partition coefficient (Wildman–Crippen LogP) is 1.23. The Hall–Kier alpha value is -1.23. The molecule has 0 aliphatic carbocycles. The lowest BCUT2D eigenvalue weighted by Crippen LogP contribution is -2.50. The molecule has 1 fully saturated rings. The minimum Gasteiger partial charge on any atom is -0.488 e. The van der Waals surface area contributed by atoms with Crippen LogP contribution in [0.25, 0.3) is 0 Å². The van der Waals surface area contributed by atoms with Gasteiger partial charge in [0.2, 0.25) is 0 Å². The number of carbonyl (C=O) groups is 1. The smallest absolute Gasteiger partial charge is 0.488 e. The summed E-state index contributed by atoms with van der Waals surface area (Å²) in [5.74, 6) is 0. The summed E-state index contributed by atoms with van der Waals surface area (Å²) < 4.78 is 20.6. The number of hydrogen-bond donors (Lipinski definition) is 0. The first kappa shape index (κ1) is 10.3. The first-order valence-corrected chi connectivity index (χ1v) is 4.76. The molecule has 0 radical (unpaired) electrons. The molecule has 2 aliphatic rings. The topological polar surface area (TPSA) is 54.0 Å². The summed E-state index contributed by atoms with van der Waals surface area (Å²) in [6.07, 6.45) is 2.23. The van der Waals surface area contributed by atoms with E-state index in [1.165, 1.54) is 7.11 Å². The van der Waals surface area contributed by atoms with Crippen molar-refractivity contribution in [3.05, 3.63) is 12.3 Å². The van der Waals surface area contributed by atoms with Gasteiger partial charge in [-0.3, -0.25) is 0 Å². The van der Waals surface area contributed by atoms with Gasteiger partial charge >= 0.3 is 6.16 Å². The first-order chi connectivity index (χ1) is 7.02. The van der Waals surface area contributed by atoms with Gasteiger partial charge in [-0.25, -0.2) is 4.79 Å². The Morgan fingerprint density at radius 3 is 2.93 bits per heavy atom. The SMILES string of the molecule is COC(=O)OC1CO[C@]2(C)C=CO[C@]12C. The van der Waals surface area contributed by atoms with Crippen molar-refractivity contribution < 1.29 is 23.7 Å². The molecular formula is C10H14O5. The van der Waals surface area contributed by atoms with Crippen LogP contribution in [0.5, 0.6) is 0 Å². The minimum absolute atomic E-state index is 0.312. The van der Waals surface area contributed by atoms with Crippen LogP contribution in [-0.4, -0.2) is 37.2 Å². The zero-order chi connectivity index (χ0) is 11.1. The summed E-state index contributed by atoms with van der Waals surface area (Å²) in [7, 11) is 1.27. The minimum atomic E-state index is -0.718. The molecule has 84 valence electrons. The normalized spacial score (nSPS) is 42.2. The maximum Gasteiger partial charge on any atom is 0.508 e. The van der Waals surface area contributed by atoms with Crippen molar-refractivity contribution in [3.8, 4) is 0 Å². The second-order valence-corrected chi connectivity index (χ2v) is 4.01. The molecule has 0 bridgehead atoms. The lowest BCUT2D eigenvalue weighted by atomic mass is 9.85. The van der Waals surface area contributed by atoms with Gasteiger partial charge in [-0.05, 0) is 19.9 Å². The molecule has 15 heavy (non-hydrogen) atoms. The highest BCUT2D eigenvalue weighted by Crippen LogP contribution is 2.45. The van der Waals surface area contributed by atoms with Crippen LogP contribution in [0.15, 0.2) is 12.3 Å². The Bertz CT molecular complexity index is 313. The van der Waals surface area contributed by atoms with E-state index in [4.69, 9.17) is 14.2 Å². The summed E-state index contributed by atoms with van der Waals surface area (Å²) in [5.41, 5.74) is -1.20. The van der Waals surface area contributed by atoms with Gasteiger partial charge in [0.05, 0.1) is 20.0 Å². The van der Waals surface area contributed by atoms with Crippen LogP contribution in [0, 0.1) is 0 Å². The van der Waals surface area contributed by atoms with Crippen molar-refractivity contribution in [2.24, 2.45) is 0 Å². The number of fused-ring (bicyclic) bond motifs is 1. The van der Waals surface area contributed by atoms with Gasteiger partial charge in [0, 0.05) is 0 Å². The van der Waals surface area contributed by atoms with Crippen molar-refractivity contribution in [1.29, 1.82) is 0 Å². The van der Waals surface area contributed by atoms with Crippen molar-refractivity contribution >= 4 is 6.16 Å². The average Bonchev–Trinajstić information content (AvgIpc) is 2.61. The predicted molar refractivity (Wildman–Crippen MR) is 50.3 cm³/mol. The van der Waals surface area contributed by atoms with Crippen LogP contribution in [0.3, 0.4) is 0 Å². The fourth-order valence-electron chi connectivity index (χ4n) is 1.89. The summed E-state index contributed by atoms with van der Waals surface area (Å²) in [6, 6.07) is 0. The van der Waals surface area contributed by atoms with E-state index in [1.807, 2.05) is 19.9 Å². The fraction of sp³-hybridized carbons (Fsp3) is 0.700. The Morgan fingerprint density at radius 2 is 2.27 bits per heavy atom. The van der Waals surface area contributed by atoms with E-state index in [9.17, 15) is 4.79 Å². The third-order valence-electron chi connectivity index (χ3n) is 3.24. The second-order valence-electron chi connectivity index (χ2n) is 4.01. The highest BCUT2D eigenvalue weighted by Gasteiger charge is 2.61. The fourth-order valence-corrected chi connectivity index (χ4v) is 1.89. The number of rotatable bonds is 1. The molecule has 3 atom stereocenters. The molecule has 0 aromatic rings. The van der Waals surface area contributed by atoms with Crippen molar-refractivity contribution in [3.63, 3.8) is 0 Å². The number of methoxy groups -OCH3 is 1. The van der Waals surface area contributed by atoms with Crippen molar-refractivity contribution in [1.82, 2.24) is 0 Å². The third kappa shape index (κ3) is 1.30. The van der Waals surface area contributed by atoms with Crippen LogP contribution in [-0.2, 0) is 18.9 Å². The summed E-state index contributed by atoms with van der Waals surface area (Å²) in [6.45, 7) is 4.07. The van der Waals surface area contributed by atoms with Gasteiger partial charge < -0.3 is 18.9 Å². The largest absolute Gasteiger partial charge is 0.508 e. The Morgan fingerprint density at radius 1 is 1.53 bits per heavy atom. The summed E-state index contributed by atoms with van der Waals surface area (Å²) in [5, 5.41) is 0. The van der Waals surface area contributed by atoms with E-state index in [0.29, 0.717) is 6.61 Å². The van der Waals surface area contributed by atoms with E-state index in [-0.39, 0.29) is 0 Å². The lowest BCUT2D eigenvalue weighted by molar-refractivity contribution is -0.0876. The Labute approximate surface area is 87.9 Å². The molecule has 5 heteroatoms. The molecule has 5 nitrogen and oxygen atoms in total. The molecule has 1 unspecified atom stereocenters. The molecule has 2 rings (SSSR count). The van der Waals surface area contributed by atoms with Crippen LogP contribution in [0.1, 0.15) is 13.8 Å². The van der Waals surface area contributed by atoms with E-state index < -0.39 is 23.5 Å². The van der Waals surface area contributed by atoms with E-state index in [0.717, 1.165) is 0 Å². The second kappa shape index (κ2) is 3.13. The molecule has 0 saturated carbocycles. The molecule has 0 aromatic heterocycles. The molecule has 2 aliphatic heterocycles. The van der Waals surface area contributed by atoms with E-state index in [1.54, 1.807) is 6.26 Å². The average molecular weight is 214 g/mol. The molecule has 0 aromatic carbocycles. The zero-order valence-electron chi connectivity index (χ0n) is 8.98. The van der Waals surface area contributed by atoms with Gasteiger partial charge in [0.1, 0.15) is 5.60 Å². The molecular weight excluding hydrogens is 200 g/mol. The molecule has 1 saturated heterocycles. The van der Waals surface area contributed by atoms with Crippen LogP contribution in [0.4, 0.5) is 4.79 Å². The van der Waals surface area contributed by atoms with Crippen LogP contribution >= 0.6 is 0 Å². The maximum atomic E-state index is 11.0. The monoisotopic (exact) mass is 214 g/mol. The number of ether oxygens (including phenoxy) is 4. The Balaban J connectivity index is 2.14. The van der Waals surface area contributed by atoms with Gasteiger partial charge in [0.25, 0.3) is 0 Å². The van der Waals surface area contributed by atoms with Gasteiger partial charge in [-0.2, -0.15) is 0 Å². The quantitative estimate of drug-likeness (QED) is 0.614. The molecule has 2 heterocycles. The number of carbonyl (C=O) groups excluding carboxylic acids is 1. The molecule has 0 amide bonds. The summed E-state index contributed by atoms with van der Waals surface area (Å²) in [4.78, 5) is 11.0. The van der Waals surface area contributed by atoms with E-state index in [2.05, 4.69) is 4.74 Å². The van der Waals surface area contributed by atoms with Gasteiger partial charge in [0.15, 0.2) is 11.7 Å². The van der Waals surface area contributed by atoms with Crippen molar-refractivity contribution in [2.45, 2.75) is 31.2 Å². The molecule has 0 spiro atoms. The van der Waals surface area contributed by atoms with Crippen molar-refractivity contribution in [2.75, 3.05) is 13.7 Å². The lowest BCUT2D eigenvalue weighted by Gasteiger charge is -2.33. The molecule has 0 N–H and O–H groups in total. The standard InChI is InChI=1S/C10H14O5/c1-9-4-5-13-10(9,2)7(6-14-9)15-8(11)12-3/h4-5,7H,6H2,1-3H3/t7?,9-,10-/m1/s1. The Kier molecular flexibility index (Phi) is 2.15. The summed E-state index contributed by atoms with van der Waals surface area (Å²) >= 11 is 0. The number of hydrogen-bond acceptors (Lipinski definition) is 5. The zero-order valence-corrected chi connectivity index (χ0v) is 8.98. The highest BCUT2D eigenvalue weighted by atomic mass is 16.7. The van der Waals surface area contributed by atoms with Crippen LogP contribution < -0.4 is 0 Å².